The predicted octanol–water partition coefficient (Wildman–Crippen LogP) is 3.51. The van der Waals surface area contributed by atoms with E-state index in [4.69, 9.17) is 5.11 Å². The van der Waals surface area contributed by atoms with Gasteiger partial charge in [-0.05, 0) is 24.3 Å². The van der Waals surface area contributed by atoms with Gasteiger partial charge in [0.15, 0.2) is 0 Å². The number of aliphatic carboxylic acids is 1. The average molecular weight is 389 g/mol. The fourth-order valence-electron chi connectivity index (χ4n) is 2.72. The van der Waals surface area contributed by atoms with Gasteiger partial charge in [-0.25, -0.2) is 5.43 Å². The summed E-state index contributed by atoms with van der Waals surface area (Å²) in [7, 11) is 0. The molecule has 0 saturated carbocycles. The first kappa shape index (κ1) is 19.2. The summed E-state index contributed by atoms with van der Waals surface area (Å²) in [5.74, 6) is -1.81. The highest BCUT2D eigenvalue weighted by atomic mass is 19.4. The molecule has 0 bridgehead atoms. The van der Waals surface area contributed by atoms with Crippen LogP contribution in [0.2, 0.25) is 0 Å². The number of para-hydroxylation sites is 1. The van der Waals surface area contributed by atoms with Crippen molar-refractivity contribution in [3.8, 4) is 0 Å². The number of nitrogens with zero attached hydrogens (tertiary/aromatic N) is 2. The van der Waals surface area contributed by atoms with Gasteiger partial charge in [-0.3, -0.25) is 9.59 Å². The van der Waals surface area contributed by atoms with Crippen LogP contribution in [0.5, 0.6) is 0 Å². The molecule has 2 N–H and O–H groups in total. The number of carboxylic acids is 1. The van der Waals surface area contributed by atoms with E-state index in [0.717, 1.165) is 23.6 Å². The summed E-state index contributed by atoms with van der Waals surface area (Å²) < 4.78 is 39.7. The van der Waals surface area contributed by atoms with Crippen LogP contribution in [-0.2, 0) is 17.5 Å². The third-order valence-electron chi connectivity index (χ3n) is 3.95. The fourth-order valence-corrected chi connectivity index (χ4v) is 2.72. The second-order valence-electron chi connectivity index (χ2n) is 5.90. The highest BCUT2D eigenvalue weighted by molar-refractivity contribution is 6.01. The Labute approximate surface area is 156 Å². The van der Waals surface area contributed by atoms with Crippen molar-refractivity contribution in [1.82, 2.24) is 9.99 Å². The third kappa shape index (κ3) is 4.20. The topological polar surface area (TPSA) is 83.7 Å². The van der Waals surface area contributed by atoms with Gasteiger partial charge in [0.25, 0.3) is 5.91 Å². The Hall–Kier alpha value is -3.62. The van der Waals surface area contributed by atoms with Crippen molar-refractivity contribution in [2.24, 2.45) is 5.10 Å². The number of hydrogen-bond acceptors (Lipinski definition) is 3. The molecule has 1 aromatic heterocycles. The molecule has 0 fully saturated rings. The van der Waals surface area contributed by atoms with Crippen LogP contribution in [0.1, 0.15) is 21.5 Å². The number of fused-ring (bicyclic) bond motifs is 1. The number of aromatic nitrogens is 1. The zero-order chi connectivity index (χ0) is 20.3. The summed E-state index contributed by atoms with van der Waals surface area (Å²) in [6, 6.07) is 11.0. The quantitative estimate of drug-likeness (QED) is 0.517. The van der Waals surface area contributed by atoms with E-state index in [0.29, 0.717) is 11.1 Å². The lowest BCUT2D eigenvalue weighted by atomic mass is 10.1. The minimum absolute atomic E-state index is 0.180. The Balaban J connectivity index is 1.80. The van der Waals surface area contributed by atoms with Gasteiger partial charge in [-0.2, -0.15) is 18.3 Å². The molecule has 0 spiro atoms. The molecule has 0 aliphatic heterocycles. The van der Waals surface area contributed by atoms with Crippen molar-refractivity contribution in [2.75, 3.05) is 0 Å². The van der Waals surface area contributed by atoms with Gasteiger partial charge in [0.2, 0.25) is 0 Å². The lowest BCUT2D eigenvalue weighted by molar-refractivity contribution is -0.138. The Morgan fingerprint density at radius 3 is 2.61 bits per heavy atom. The molecule has 3 aromatic rings. The van der Waals surface area contributed by atoms with Crippen molar-refractivity contribution < 1.29 is 27.9 Å². The number of carbonyl (C=O) groups excluding carboxylic acids is 1. The van der Waals surface area contributed by atoms with Crippen LogP contribution < -0.4 is 5.43 Å². The summed E-state index contributed by atoms with van der Waals surface area (Å²) in [6.07, 6.45) is -1.67. The molecule has 2 aromatic carbocycles. The van der Waals surface area contributed by atoms with Crippen LogP contribution in [0.3, 0.4) is 0 Å². The molecular formula is C19H14F3N3O3. The normalized spacial score (nSPS) is 11.8. The van der Waals surface area contributed by atoms with Gasteiger partial charge in [0.1, 0.15) is 6.54 Å². The number of carbonyl (C=O) groups is 2. The van der Waals surface area contributed by atoms with Crippen LogP contribution in [0.15, 0.2) is 59.8 Å². The average Bonchev–Trinajstić information content (AvgIpc) is 2.98. The van der Waals surface area contributed by atoms with Crippen molar-refractivity contribution in [1.29, 1.82) is 0 Å². The van der Waals surface area contributed by atoms with Gasteiger partial charge in [0.05, 0.1) is 11.8 Å². The maximum Gasteiger partial charge on any atom is 0.416 e. The van der Waals surface area contributed by atoms with Gasteiger partial charge in [-0.15, -0.1) is 0 Å². The number of alkyl halides is 3. The number of hydrazone groups is 1. The number of amides is 1. The largest absolute Gasteiger partial charge is 0.480 e. The number of hydrogen-bond donors (Lipinski definition) is 2. The number of rotatable bonds is 5. The van der Waals surface area contributed by atoms with Crippen molar-refractivity contribution in [3.05, 3.63) is 71.4 Å². The van der Waals surface area contributed by atoms with E-state index in [-0.39, 0.29) is 12.1 Å². The predicted molar refractivity (Wildman–Crippen MR) is 96.1 cm³/mol. The third-order valence-corrected chi connectivity index (χ3v) is 3.95. The number of benzene rings is 2. The number of nitrogens with one attached hydrogen (secondary N) is 1. The van der Waals surface area contributed by atoms with Gasteiger partial charge in [-0.1, -0.05) is 24.3 Å². The molecule has 0 saturated heterocycles. The highest BCUT2D eigenvalue weighted by Gasteiger charge is 2.30. The minimum atomic E-state index is -4.55. The van der Waals surface area contributed by atoms with Gasteiger partial charge >= 0.3 is 12.1 Å². The van der Waals surface area contributed by atoms with Gasteiger partial charge < -0.3 is 9.67 Å². The maximum absolute atomic E-state index is 12.7. The lowest BCUT2D eigenvalue weighted by Gasteiger charge is -2.07. The van der Waals surface area contributed by atoms with E-state index in [1.807, 2.05) is 0 Å². The minimum Gasteiger partial charge on any atom is -0.480 e. The van der Waals surface area contributed by atoms with Crippen LogP contribution in [0.4, 0.5) is 13.2 Å². The summed E-state index contributed by atoms with van der Waals surface area (Å²) in [5.41, 5.74) is 2.30. The zero-order valence-electron chi connectivity index (χ0n) is 14.3. The van der Waals surface area contributed by atoms with E-state index < -0.39 is 23.6 Å². The molecule has 0 radical (unpaired) electrons. The molecular weight excluding hydrogens is 375 g/mol. The first-order valence-corrected chi connectivity index (χ1v) is 8.06. The Morgan fingerprint density at radius 2 is 1.89 bits per heavy atom. The first-order valence-electron chi connectivity index (χ1n) is 8.06. The van der Waals surface area contributed by atoms with E-state index in [2.05, 4.69) is 10.5 Å². The fraction of sp³-hybridized carbons (Fsp3) is 0.105. The second-order valence-corrected chi connectivity index (χ2v) is 5.90. The molecule has 28 heavy (non-hydrogen) atoms. The smallest absolute Gasteiger partial charge is 0.416 e. The van der Waals surface area contributed by atoms with Crippen LogP contribution in [0, 0.1) is 0 Å². The molecule has 6 nitrogen and oxygen atoms in total. The van der Waals surface area contributed by atoms with Gasteiger partial charge in [0, 0.05) is 28.2 Å². The molecule has 3 rings (SSSR count). The van der Waals surface area contributed by atoms with E-state index in [1.54, 1.807) is 30.5 Å². The Morgan fingerprint density at radius 1 is 1.14 bits per heavy atom. The number of halogens is 3. The van der Waals surface area contributed by atoms with Crippen molar-refractivity contribution in [3.63, 3.8) is 0 Å². The Bertz CT molecular complexity index is 1070. The summed E-state index contributed by atoms with van der Waals surface area (Å²) in [6.45, 7) is -0.245. The highest BCUT2D eigenvalue weighted by Crippen LogP contribution is 2.29. The molecule has 1 amide bonds. The van der Waals surface area contributed by atoms with E-state index in [1.165, 1.54) is 16.8 Å². The molecule has 144 valence electrons. The number of carboxylic acid groups (broad SMARTS) is 1. The molecule has 0 aliphatic carbocycles. The SMILES string of the molecule is O=C(O)Cn1cc(/C=N/NC(=O)c2cccc(C(F)(F)F)c2)c2ccccc21. The molecule has 0 aliphatic rings. The zero-order valence-corrected chi connectivity index (χ0v) is 14.3. The monoisotopic (exact) mass is 389 g/mol. The standard InChI is InChI=1S/C19H14F3N3O3/c20-19(21,22)14-5-3-4-12(8-14)18(28)24-23-9-13-10-25(11-17(26)27)16-7-2-1-6-15(13)16/h1-10H,11H2,(H,24,28)(H,26,27)/b23-9+. The van der Waals surface area contributed by atoms with E-state index in [9.17, 15) is 22.8 Å². The van der Waals surface area contributed by atoms with Crippen LogP contribution in [0.25, 0.3) is 10.9 Å². The van der Waals surface area contributed by atoms with E-state index >= 15 is 0 Å². The van der Waals surface area contributed by atoms with Crippen LogP contribution in [-0.4, -0.2) is 27.8 Å². The second kappa shape index (κ2) is 7.55. The molecule has 9 heteroatoms. The lowest BCUT2D eigenvalue weighted by Crippen LogP contribution is -2.18. The van der Waals surface area contributed by atoms with Crippen molar-refractivity contribution >= 4 is 29.0 Å². The first-order chi connectivity index (χ1) is 13.3. The summed E-state index contributed by atoms with van der Waals surface area (Å²) in [4.78, 5) is 23.0. The van der Waals surface area contributed by atoms with Crippen molar-refractivity contribution in [2.45, 2.75) is 12.7 Å². The summed E-state index contributed by atoms with van der Waals surface area (Å²) >= 11 is 0. The summed E-state index contributed by atoms with van der Waals surface area (Å²) in [5, 5.41) is 13.5. The van der Waals surface area contributed by atoms with Crippen LogP contribution >= 0.6 is 0 Å². The molecule has 0 atom stereocenters. The molecule has 0 unspecified atom stereocenters. The maximum atomic E-state index is 12.7. The Kier molecular flexibility index (Phi) is 5.16. The molecule has 1 heterocycles.